The number of anilines is 2. The Labute approximate surface area is 198 Å². The third-order valence-electron chi connectivity index (χ3n) is 5.00. The lowest BCUT2D eigenvalue weighted by molar-refractivity contribution is -0.118. The summed E-state index contributed by atoms with van der Waals surface area (Å²) in [7, 11) is 1.49. The van der Waals surface area contributed by atoms with Crippen LogP contribution < -0.4 is 20.1 Å². The minimum atomic E-state index is -0.358. The number of benzene rings is 3. The standard InChI is InChI=1S/C26H27ClN2O4/c1-16(2)19-11-9-17(3)13-23(19)33-15-25(30)28-18-10-12-22(24(14-18)32-4)29-26(31)20-7-5-6-8-21(20)27/h5-14,16H,15H2,1-4H3,(H,28,30)(H,29,31). The fourth-order valence-electron chi connectivity index (χ4n) is 3.29. The summed E-state index contributed by atoms with van der Waals surface area (Å²) in [6, 6.07) is 17.7. The number of ether oxygens (including phenoxy) is 2. The molecule has 0 aromatic heterocycles. The van der Waals surface area contributed by atoms with Gasteiger partial charge in [-0.2, -0.15) is 0 Å². The van der Waals surface area contributed by atoms with E-state index < -0.39 is 0 Å². The molecule has 0 atom stereocenters. The van der Waals surface area contributed by atoms with E-state index in [0.717, 1.165) is 11.1 Å². The zero-order chi connectivity index (χ0) is 24.0. The summed E-state index contributed by atoms with van der Waals surface area (Å²) < 4.78 is 11.2. The second-order valence-electron chi connectivity index (χ2n) is 7.88. The molecule has 0 heterocycles. The van der Waals surface area contributed by atoms with Gasteiger partial charge in [0.1, 0.15) is 11.5 Å². The maximum absolute atomic E-state index is 12.5. The van der Waals surface area contributed by atoms with Gasteiger partial charge in [0, 0.05) is 11.8 Å². The Bertz CT molecular complexity index is 1160. The van der Waals surface area contributed by atoms with Crippen LogP contribution in [0.1, 0.15) is 41.3 Å². The molecule has 0 spiro atoms. The molecule has 3 aromatic rings. The third-order valence-corrected chi connectivity index (χ3v) is 5.33. The lowest BCUT2D eigenvalue weighted by Gasteiger charge is -2.15. The van der Waals surface area contributed by atoms with Crippen molar-refractivity contribution in [2.24, 2.45) is 0 Å². The first-order valence-corrected chi connectivity index (χ1v) is 10.9. The Balaban J connectivity index is 1.66. The Kier molecular flexibility index (Phi) is 7.96. The molecule has 0 bridgehead atoms. The van der Waals surface area contributed by atoms with Crippen molar-refractivity contribution >= 4 is 34.8 Å². The van der Waals surface area contributed by atoms with Crippen LogP contribution >= 0.6 is 11.6 Å². The van der Waals surface area contributed by atoms with Crippen LogP contribution in [0.25, 0.3) is 0 Å². The molecule has 3 rings (SSSR count). The number of amides is 2. The Hall–Kier alpha value is -3.51. The van der Waals surface area contributed by atoms with Crippen molar-refractivity contribution in [3.8, 4) is 11.5 Å². The zero-order valence-electron chi connectivity index (χ0n) is 19.1. The van der Waals surface area contributed by atoms with Gasteiger partial charge < -0.3 is 20.1 Å². The lowest BCUT2D eigenvalue weighted by atomic mass is 10.0. The van der Waals surface area contributed by atoms with E-state index in [-0.39, 0.29) is 24.3 Å². The van der Waals surface area contributed by atoms with Gasteiger partial charge >= 0.3 is 0 Å². The van der Waals surface area contributed by atoms with Crippen LogP contribution in [-0.2, 0) is 4.79 Å². The number of nitrogens with one attached hydrogen (secondary N) is 2. The molecule has 0 saturated carbocycles. The van der Waals surface area contributed by atoms with Crippen molar-refractivity contribution in [1.82, 2.24) is 0 Å². The topological polar surface area (TPSA) is 76.7 Å². The van der Waals surface area contributed by atoms with Crippen LogP contribution in [-0.4, -0.2) is 25.5 Å². The average molecular weight is 467 g/mol. The molecule has 2 N–H and O–H groups in total. The quantitative estimate of drug-likeness (QED) is 0.423. The predicted octanol–water partition coefficient (Wildman–Crippen LogP) is 6.05. The Morgan fingerprint density at radius 2 is 1.73 bits per heavy atom. The molecule has 0 saturated heterocycles. The molecule has 172 valence electrons. The molecule has 0 aliphatic heterocycles. The van der Waals surface area contributed by atoms with E-state index >= 15 is 0 Å². The smallest absolute Gasteiger partial charge is 0.262 e. The summed E-state index contributed by atoms with van der Waals surface area (Å²) in [5, 5.41) is 5.93. The van der Waals surface area contributed by atoms with Crippen LogP contribution in [0, 0.1) is 6.92 Å². The van der Waals surface area contributed by atoms with E-state index in [9.17, 15) is 9.59 Å². The van der Waals surface area contributed by atoms with Crippen LogP contribution in [0.5, 0.6) is 11.5 Å². The molecule has 0 aliphatic carbocycles. The van der Waals surface area contributed by atoms with E-state index in [0.29, 0.717) is 33.5 Å². The number of rotatable bonds is 8. The van der Waals surface area contributed by atoms with Gasteiger partial charge in [-0.05, 0) is 54.3 Å². The van der Waals surface area contributed by atoms with Crippen LogP contribution in [0.15, 0.2) is 60.7 Å². The van der Waals surface area contributed by atoms with Gasteiger partial charge in [0.25, 0.3) is 11.8 Å². The average Bonchev–Trinajstić information content (AvgIpc) is 2.78. The number of halogens is 1. The molecule has 0 radical (unpaired) electrons. The summed E-state index contributed by atoms with van der Waals surface area (Å²) >= 11 is 6.10. The normalized spacial score (nSPS) is 10.6. The molecule has 0 unspecified atom stereocenters. The molecule has 0 fully saturated rings. The summed E-state index contributed by atoms with van der Waals surface area (Å²) in [5.74, 6) is 0.719. The van der Waals surface area contributed by atoms with Gasteiger partial charge in [-0.3, -0.25) is 9.59 Å². The monoisotopic (exact) mass is 466 g/mol. The first-order chi connectivity index (χ1) is 15.8. The fourth-order valence-corrected chi connectivity index (χ4v) is 3.51. The number of aryl methyl sites for hydroxylation is 1. The van der Waals surface area contributed by atoms with Crippen molar-refractivity contribution in [1.29, 1.82) is 0 Å². The summed E-state index contributed by atoms with van der Waals surface area (Å²) in [4.78, 5) is 25.0. The second-order valence-corrected chi connectivity index (χ2v) is 8.29. The number of hydrogen-bond donors (Lipinski definition) is 2. The van der Waals surface area contributed by atoms with Crippen molar-refractivity contribution in [2.75, 3.05) is 24.4 Å². The minimum absolute atomic E-state index is 0.128. The molecule has 7 heteroatoms. The first-order valence-electron chi connectivity index (χ1n) is 10.6. The SMILES string of the molecule is COc1cc(NC(=O)COc2cc(C)ccc2C(C)C)ccc1NC(=O)c1ccccc1Cl. The molecule has 33 heavy (non-hydrogen) atoms. The van der Waals surface area contributed by atoms with E-state index in [2.05, 4.69) is 24.5 Å². The van der Waals surface area contributed by atoms with Crippen molar-refractivity contribution in [3.05, 3.63) is 82.4 Å². The number of methoxy groups -OCH3 is 1. The first kappa shape index (κ1) is 24.1. The highest BCUT2D eigenvalue weighted by Crippen LogP contribution is 2.30. The fraction of sp³-hybridized carbons (Fsp3) is 0.231. The van der Waals surface area contributed by atoms with E-state index in [4.69, 9.17) is 21.1 Å². The molecular weight excluding hydrogens is 440 g/mol. The maximum Gasteiger partial charge on any atom is 0.262 e. The van der Waals surface area contributed by atoms with E-state index in [1.807, 2.05) is 25.1 Å². The van der Waals surface area contributed by atoms with Gasteiger partial charge in [-0.1, -0.05) is 49.7 Å². The van der Waals surface area contributed by atoms with Crippen molar-refractivity contribution < 1.29 is 19.1 Å². The number of carbonyl (C=O) groups excluding carboxylic acids is 2. The van der Waals surface area contributed by atoms with Gasteiger partial charge in [-0.25, -0.2) is 0 Å². The highest BCUT2D eigenvalue weighted by Gasteiger charge is 2.14. The minimum Gasteiger partial charge on any atom is -0.494 e. The molecule has 6 nitrogen and oxygen atoms in total. The van der Waals surface area contributed by atoms with Gasteiger partial charge in [0.05, 0.1) is 23.4 Å². The lowest BCUT2D eigenvalue weighted by Crippen LogP contribution is -2.21. The van der Waals surface area contributed by atoms with Crippen LogP contribution in [0.3, 0.4) is 0 Å². The Morgan fingerprint density at radius 3 is 2.42 bits per heavy atom. The molecule has 0 aliphatic rings. The Morgan fingerprint density at radius 1 is 0.970 bits per heavy atom. The molecule has 3 aromatic carbocycles. The van der Waals surface area contributed by atoms with Crippen LogP contribution in [0.2, 0.25) is 5.02 Å². The summed E-state index contributed by atoms with van der Waals surface area (Å²) in [6.45, 7) is 6.01. The number of hydrogen-bond acceptors (Lipinski definition) is 4. The maximum atomic E-state index is 12.5. The van der Waals surface area contributed by atoms with Gasteiger partial charge in [-0.15, -0.1) is 0 Å². The van der Waals surface area contributed by atoms with E-state index in [1.165, 1.54) is 7.11 Å². The molecule has 2 amide bonds. The summed E-state index contributed by atoms with van der Waals surface area (Å²) in [5.41, 5.74) is 3.44. The van der Waals surface area contributed by atoms with Gasteiger partial charge in [0.2, 0.25) is 0 Å². The second kappa shape index (κ2) is 10.9. The third kappa shape index (κ3) is 6.26. The van der Waals surface area contributed by atoms with Crippen molar-refractivity contribution in [3.63, 3.8) is 0 Å². The molecular formula is C26H27ClN2O4. The van der Waals surface area contributed by atoms with Crippen molar-refractivity contribution in [2.45, 2.75) is 26.7 Å². The van der Waals surface area contributed by atoms with Crippen LogP contribution in [0.4, 0.5) is 11.4 Å². The number of carbonyl (C=O) groups is 2. The zero-order valence-corrected chi connectivity index (χ0v) is 19.8. The largest absolute Gasteiger partial charge is 0.494 e. The summed E-state index contributed by atoms with van der Waals surface area (Å²) in [6.07, 6.45) is 0. The van der Waals surface area contributed by atoms with Gasteiger partial charge in [0.15, 0.2) is 6.61 Å². The highest BCUT2D eigenvalue weighted by molar-refractivity contribution is 6.34. The van der Waals surface area contributed by atoms with E-state index in [1.54, 1.807) is 42.5 Å². The predicted molar refractivity (Wildman–Crippen MR) is 132 cm³/mol. The highest BCUT2D eigenvalue weighted by atomic mass is 35.5.